The monoisotopic (exact) mass is 294 g/mol. The fourth-order valence-electron chi connectivity index (χ4n) is 2.06. The van der Waals surface area contributed by atoms with Gasteiger partial charge in [-0.2, -0.15) is 5.26 Å². The average Bonchev–Trinajstić information content (AvgIpc) is 2.46. The first-order valence-electron chi connectivity index (χ1n) is 5.90. The molecule has 1 aromatic carbocycles. The largest absolute Gasteiger partial charge is 0.320 e. The molecule has 0 aliphatic carbocycles. The van der Waals surface area contributed by atoms with Crippen molar-refractivity contribution in [2.45, 2.75) is 6.04 Å². The molecule has 1 atom stereocenters. The minimum atomic E-state index is -0.644. The van der Waals surface area contributed by atoms with Crippen LogP contribution in [0.15, 0.2) is 18.2 Å². The van der Waals surface area contributed by atoms with Gasteiger partial charge in [0.05, 0.1) is 11.0 Å². The molecule has 2 rings (SSSR count). The lowest BCUT2D eigenvalue weighted by Gasteiger charge is -2.31. The second-order valence-corrected chi connectivity index (χ2v) is 4.70. The van der Waals surface area contributed by atoms with Crippen LogP contribution >= 0.6 is 11.6 Å². The first kappa shape index (κ1) is 14.2. The number of hydrogen-bond acceptors (Lipinski definition) is 5. The Balaban J connectivity index is 2.40. The molecule has 1 aliphatic heterocycles. The molecule has 1 fully saturated rings. The van der Waals surface area contributed by atoms with Crippen molar-refractivity contribution in [2.24, 2.45) is 0 Å². The van der Waals surface area contributed by atoms with Gasteiger partial charge in [0.1, 0.15) is 11.6 Å². The molecule has 1 amide bonds. The van der Waals surface area contributed by atoms with E-state index in [9.17, 15) is 14.9 Å². The first-order valence-corrected chi connectivity index (χ1v) is 6.27. The molecule has 1 N–H and O–H groups in total. The Kier molecular flexibility index (Phi) is 4.17. The summed E-state index contributed by atoms with van der Waals surface area (Å²) >= 11 is 5.80. The van der Waals surface area contributed by atoms with Crippen LogP contribution in [0, 0.1) is 21.4 Å². The Labute approximate surface area is 119 Å². The van der Waals surface area contributed by atoms with Crippen molar-refractivity contribution >= 4 is 23.2 Å². The molecule has 1 unspecified atom stereocenters. The van der Waals surface area contributed by atoms with Gasteiger partial charge in [-0.05, 0) is 12.1 Å². The minimum Gasteiger partial charge on any atom is -0.320 e. The third-order valence-corrected chi connectivity index (χ3v) is 3.27. The van der Waals surface area contributed by atoms with Crippen LogP contribution in [0.3, 0.4) is 0 Å². The number of benzene rings is 1. The van der Waals surface area contributed by atoms with Gasteiger partial charge >= 0.3 is 0 Å². The molecule has 0 radical (unpaired) electrons. The Morgan fingerprint density at radius 1 is 1.60 bits per heavy atom. The summed E-state index contributed by atoms with van der Waals surface area (Å²) in [5, 5.41) is 23.3. The summed E-state index contributed by atoms with van der Waals surface area (Å²) in [7, 11) is 0. The van der Waals surface area contributed by atoms with Gasteiger partial charge in [0.15, 0.2) is 0 Å². The van der Waals surface area contributed by atoms with Crippen LogP contribution in [-0.2, 0) is 0 Å². The number of nitro groups is 1. The standard InChI is InChI=1S/C12H11ClN4O3/c13-8-1-2-11(17(19)20)10(5-8)12(18)16-4-3-15-7-9(16)6-14/h1-2,5,9,15H,3-4,7H2. The molecule has 1 heterocycles. The van der Waals surface area contributed by atoms with Crippen molar-refractivity contribution in [1.29, 1.82) is 5.26 Å². The second-order valence-electron chi connectivity index (χ2n) is 4.27. The van der Waals surface area contributed by atoms with Gasteiger partial charge in [-0.25, -0.2) is 0 Å². The number of rotatable bonds is 2. The second kappa shape index (κ2) is 5.86. The maximum absolute atomic E-state index is 12.4. The zero-order valence-electron chi connectivity index (χ0n) is 10.4. The number of carbonyl (C=O) groups excluding carboxylic acids is 1. The number of nitrogens with zero attached hydrogens (tertiary/aromatic N) is 3. The van der Waals surface area contributed by atoms with Gasteiger partial charge < -0.3 is 10.2 Å². The van der Waals surface area contributed by atoms with Crippen molar-refractivity contribution < 1.29 is 9.72 Å². The maximum atomic E-state index is 12.4. The van der Waals surface area contributed by atoms with Crippen LogP contribution in [0.4, 0.5) is 5.69 Å². The number of hydrogen-bond donors (Lipinski definition) is 1. The number of nitro benzene ring substituents is 1. The summed E-state index contributed by atoms with van der Waals surface area (Å²) in [6.45, 7) is 1.20. The van der Waals surface area contributed by atoms with Gasteiger partial charge in [0, 0.05) is 30.7 Å². The number of carbonyl (C=O) groups is 1. The van der Waals surface area contributed by atoms with E-state index in [1.165, 1.54) is 23.1 Å². The summed E-state index contributed by atoms with van der Waals surface area (Å²) in [6.07, 6.45) is 0. The zero-order valence-corrected chi connectivity index (χ0v) is 11.1. The molecule has 0 aromatic heterocycles. The number of nitriles is 1. The molecular formula is C12H11ClN4O3. The highest BCUT2D eigenvalue weighted by Gasteiger charge is 2.31. The lowest BCUT2D eigenvalue weighted by molar-refractivity contribution is -0.385. The Bertz CT molecular complexity index is 599. The highest BCUT2D eigenvalue weighted by atomic mass is 35.5. The third kappa shape index (κ3) is 2.71. The molecule has 20 heavy (non-hydrogen) atoms. The van der Waals surface area contributed by atoms with Crippen molar-refractivity contribution in [3.63, 3.8) is 0 Å². The van der Waals surface area contributed by atoms with E-state index in [1.54, 1.807) is 0 Å². The third-order valence-electron chi connectivity index (χ3n) is 3.04. The van der Waals surface area contributed by atoms with E-state index >= 15 is 0 Å². The summed E-state index contributed by atoms with van der Waals surface area (Å²) in [6, 6.07) is 5.18. The van der Waals surface area contributed by atoms with E-state index in [0.29, 0.717) is 19.6 Å². The summed E-state index contributed by atoms with van der Waals surface area (Å²) in [4.78, 5) is 24.1. The molecule has 1 aliphatic rings. The predicted octanol–water partition coefficient (Wildman–Crippen LogP) is 1.19. The van der Waals surface area contributed by atoms with Gasteiger partial charge in [-0.3, -0.25) is 14.9 Å². The minimum absolute atomic E-state index is 0.0929. The van der Waals surface area contributed by atoms with Crippen molar-refractivity contribution in [3.05, 3.63) is 38.9 Å². The molecule has 104 valence electrons. The number of piperazine rings is 1. The van der Waals surface area contributed by atoms with E-state index < -0.39 is 16.9 Å². The van der Waals surface area contributed by atoms with Crippen LogP contribution in [-0.4, -0.2) is 41.4 Å². The number of halogens is 1. The van der Waals surface area contributed by atoms with Crippen LogP contribution < -0.4 is 5.32 Å². The van der Waals surface area contributed by atoms with Gasteiger partial charge in [-0.1, -0.05) is 11.6 Å². The summed E-state index contributed by atoms with van der Waals surface area (Å²) in [5.74, 6) is -0.549. The van der Waals surface area contributed by atoms with Crippen molar-refractivity contribution in [3.8, 4) is 6.07 Å². The lowest BCUT2D eigenvalue weighted by atomic mass is 10.1. The molecule has 0 saturated carbocycles. The SMILES string of the molecule is N#CC1CNCCN1C(=O)c1cc(Cl)ccc1[N+](=O)[O-]. The topological polar surface area (TPSA) is 99.3 Å². The Morgan fingerprint density at radius 2 is 2.35 bits per heavy atom. The molecular weight excluding hydrogens is 284 g/mol. The van der Waals surface area contributed by atoms with Gasteiger partial charge in [0.25, 0.3) is 11.6 Å². The fourth-order valence-corrected chi connectivity index (χ4v) is 2.23. The van der Waals surface area contributed by atoms with E-state index in [2.05, 4.69) is 5.32 Å². The van der Waals surface area contributed by atoms with E-state index in [0.717, 1.165) is 0 Å². The molecule has 1 saturated heterocycles. The summed E-state index contributed by atoms with van der Waals surface area (Å²) < 4.78 is 0. The average molecular weight is 295 g/mol. The lowest BCUT2D eigenvalue weighted by Crippen LogP contribution is -2.53. The molecule has 8 heteroatoms. The van der Waals surface area contributed by atoms with Gasteiger partial charge in [-0.15, -0.1) is 0 Å². The molecule has 0 spiro atoms. The van der Waals surface area contributed by atoms with E-state index in [4.69, 9.17) is 16.9 Å². The van der Waals surface area contributed by atoms with E-state index in [1.807, 2.05) is 6.07 Å². The van der Waals surface area contributed by atoms with Crippen molar-refractivity contribution in [2.75, 3.05) is 19.6 Å². The number of nitrogens with one attached hydrogen (secondary N) is 1. The van der Waals surface area contributed by atoms with Crippen LogP contribution in [0.2, 0.25) is 5.02 Å². The molecule has 0 bridgehead atoms. The molecule has 1 aromatic rings. The predicted molar refractivity (Wildman–Crippen MR) is 71.4 cm³/mol. The quantitative estimate of drug-likeness (QED) is 0.652. The highest BCUT2D eigenvalue weighted by Crippen LogP contribution is 2.25. The highest BCUT2D eigenvalue weighted by molar-refractivity contribution is 6.31. The molecule has 7 nitrogen and oxygen atoms in total. The first-order chi connectivity index (χ1) is 9.54. The van der Waals surface area contributed by atoms with Crippen LogP contribution in [0.25, 0.3) is 0 Å². The number of amides is 1. The van der Waals surface area contributed by atoms with Crippen LogP contribution in [0.5, 0.6) is 0 Å². The van der Waals surface area contributed by atoms with Gasteiger partial charge in [0.2, 0.25) is 0 Å². The van der Waals surface area contributed by atoms with Crippen molar-refractivity contribution in [1.82, 2.24) is 10.2 Å². The zero-order chi connectivity index (χ0) is 14.7. The normalized spacial score (nSPS) is 18.4. The van der Waals surface area contributed by atoms with Crippen LogP contribution in [0.1, 0.15) is 10.4 Å². The smallest absolute Gasteiger partial charge is 0.282 e. The Hall–Kier alpha value is -2.17. The Morgan fingerprint density at radius 3 is 3.00 bits per heavy atom. The summed E-state index contributed by atoms with van der Waals surface area (Å²) in [5.41, 5.74) is -0.403. The fraction of sp³-hybridized carbons (Fsp3) is 0.333. The van der Waals surface area contributed by atoms with E-state index in [-0.39, 0.29) is 16.3 Å². The maximum Gasteiger partial charge on any atom is 0.282 e.